The van der Waals surface area contributed by atoms with Gasteiger partial charge in [0.05, 0.1) is 18.8 Å². The molecule has 2 N–H and O–H groups in total. The average Bonchev–Trinajstić information content (AvgIpc) is 3.05. The molecule has 45 heavy (non-hydrogen) atoms. The van der Waals surface area contributed by atoms with Gasteiger partial charge in [0, 0.05) is 31.5 Å². The number of benzene rings is 3. The van der Waals surface area contributed by atoms with Crippen molar-refractivity contribution in [1.29, 1.82) is 0 Å². The summed E-state index contributed by atoms with van der Waals surface area (Å²) in [5, 5.41) is 12.5. The first kappa shape index (κ1) is 32.8. The van der Waals surface area contributed by atoms with Crippen LogP contribution in [0, 0.1) is 0 Å². The first-order valence-corrected chi connectivity index (χ1v) is 16.2. The van der Waals surface area contributed by atoms with Crippen LogP contribution < -0.4 is 5.32 Å². The molecular weight excluding hydrogens is 568 g/mol. The minimum Gasteiger partial charge on any atom is -0.453 e. The molecule has 0 aliphatic carbocycles. The van der Waals surface area contributed by atoms with Gasteiger partial charge in [-0.15, -0.1) is 0 Å². The van der Waals surface area contributed by atoms with Crippen LogP contribution in [0.1, 0.15) is 92.1 Å². The normalized spacial score (nSPS) is 23.4. The highest BCUT2D eigenvalue weighted by atomic mass is 16.7. The maximum absolute atomic E-state index is 12.3. The molecule has 2 fully saturated rings. The molecule has 3 aromatic rings. The molecule has 8 nitrogen and oxygen atoms in total. The number of hydrogen-bond donors (Lipinski definition) is 2. The van der Waals surface area contributed by atoms with Crippen molar-refractivity contribution >= 4 is 11.9 Å². The Bertz CT molecular complexity index is 1360. The van der Waals surface area contributed by atoms with E-state index >= 15 is 0 Å². The molecule has 1 unspecified atom stereocenters. The van der Waals surface area contributed by atoms with E-state index in [-0.39, 0.29) is 30.6 Å². The summed E-state index contributed by atoms with van der Waals surface area (Å²) < 4.78 is 18.7. The molecule has 0 radical (unpaired) electrons. The minimum atomic E-state index is -0.850. The van der Waals surface area contributed by atoms with Gasteiger partial charge in [-0.1, -0.05) is 98.1 Å². The molecule has 2 aliphatic heterocycles. The Morgan fingerprint density at radius 1 is 0.844 bits per heavy atom. The Morgan fingerprint density at radius 3 is 2.11 bits per heavy atom. The fourth-order valence-corrected chi connectivity index (χ4v) is 6.34. The first-order valence-electron chi connectivity index (χ1n) is 16.2. The molecule has 0 aromatic heterocycles. The number of amides is 1. The van der Waals surface area contributed by atoms with Gasteiger partial charge < -0.3 is 29.5 Å². The van der Waals surface area contributed by atoms with E-state index in [0.717, 1.165) is 41.9 Å². The number of carbonyl (C=O) groups excluding carboxylic acids is 2. The maximum atomic E-state index is 12.3. The number of aliphatic hydroxyl groups is 1. The van der Waals surface area contributed by atoms with Crippen LogP contribution in [0.15, 0.2) is 78.9 Å². The van der Waals surface area contributed by atoms with E-state index in [1.165, 1.54) is 44.6 Å². The van der Waals surface area contributed by atoms with Crippen LogP contribution in [-0.4, -0.2) is 53.7 Å². The Hall–Kier alpha value is -3.56. The lowest BCUT2D eigenvalue weighted by Crippen LogP contribution is -2.45. The largest absolute Gasteiger partial charge is 0.453 e. The molecule has 2 heterocycles. The van der Waals surface area contributed by atoms with Gasteiger partial charge in [-0.25, -0.2) is 0 Å². The van der Waals surface area contributed by atoms with E-state index in [2.05, 4.69) is 46.6 Å². The molecular formula is C37H46N2O6. The summed E-state index contributed by atoms with van der Waals surface area (Å²) in [6.07, 6.45) is 4.44. The predicted molar refractivity (Wildman–Crippen MR) is 172 cm³/mol. The molecule has 5 atom stereocenters. The topological polar surface area (TPSA) is 97.3 Å². The molecule has 0 bridgehead atoms. The molecule has 0 saturated carbocycles. The lowest BCUT2D eigenvalue weighted by Gasteiger charge is -2.44. The second-order valence-electron chi connectivity index (χ2n) is 12.2. The molecule has 0 spiro atoms. The number of esters is 1. The van der Waals surface area contributed by atoms with Crippen molar-refractivity contribution in [2.24, 2.45) is 0 Å². The number of aliphatic hydroxyl groups excluding tert-OH is 1. The fourth-order valence-electron chi connectivity index (χ4n) is 6.34. The van der Waals surface area contributed by atoms with E-state index in [1.54, 1.807) is 6.92 Å². The number of rotatable bonds is 10. The van der Waals surface area contributed by atoms with Crippen LogP contribution in [0.25, 0.3) is 0 Å². The van der Waals surface area contributed by atoms with Crippen LogP contribution in [0.5, 0.6) is 0 Å². The van der Waals surface area contributed by atoms with Crippen LogP contribution in [0.2, 0.25) is 0 Å². The van der Waals surface area contributed by atoms with E-state index in [1.807, 2.05) is 42.5 Å². The van der Waals surface area contributed by atoms with Crippen molar-refractivity contribution in [2.45, 2.75) is 89.6 Å². The SMILES string of the molecule is CC(=O)O[C@@H](C)C(=O)NCc1ccc(C2O[C@H](CN3CCCCCCC3)[C@@H](c3ccccc3)[C@H](c3ccc(CO)cc3)O2)cc1. The van der Waals surface area contributed by atoms with Gasteiger partial charge in [-0.05, 0) is 55.1 Å². The predicted octanol–water partition coefficient (Wildman–Crippen LogP) is 5.95. The number of hydrogen-bond acceptors (Lipinski definition) is 7. The van der Waals surface area contributed by atoms with Crippen molar-refractivity contribution in [2.75, 3.05) is 19.6 Å². The highest BCUT2D eigenvalue weighted by Gasteiger charge is 2.42. The van der Waals surface area contributed by atoms with Crippen LogP contribution in [0.3, 0.4) is 0 Å². The van der Waals surface area contributed by atoms with Gasteiger partial charge in [0.1, 0.15) is 0 Å². The maximum Gasteiger partial charge on any atom is 0.303 e. The highest BCUT2D eigenvalue weighted by molar-refractivity contribution is 5.82. The molecule has 2 saturated heterocycles. The summed E-state index contributed by atoms with van der Waals surface area (Å²) in [5.74, 6) is -0.861. The molecule has 1 amide bonds. The van der Waals surface area contributed by atoms with Gasteiger partial charge in [-0.2, -0.15) is 0 Å². The quantitative estimate of drug-likeness (QED) is 0.272. The van der Waals surface area contributed by atoms with Crippen LogP contribution in [0.4, 0.5) is 0 Å². The Morgan fingerprint density at radius 2 is 1.47 bits per heavy atom. The average molecular weight is 615 g/mol. The number of nitrogens with one attached hydrogen (secondary N) is 1. The standard InChI is InChI=1S/C37H46N2O6/c1-26(43-27(2)41)36(42)38-23-28-13-19-32(20-14-28)37-44-33(24-39-21-9-4-3-5-10-22-39)34(30-11-7-6-8-12-30)35(45-37)31-17-15-29(25-40)16-18-31/h6-8,11-20,26,33-35,37,40H,3-5,9-10,21-25H2,1-2H3,(H,38,42)/t26-,33+,34+,35-,37?/m0/s1. The van der Waals surface area contributed by atoms with Crippen LogP contribution in [-0.2, 0) is 37.0 Å². The number of likely N-dealkylation sites (tertiary alicyclic amines) is 1. The Kier molecular flexibility index (Phi) is 11.8. The lowest BCUT2D eigenvalue weighted by atomic mass is 9.83. The summed E-state index contributed by atoms with van der Waals surface area (Å²) in [7, 11) is 0. The second-order valence-corrected chi connectivity index (χ2v) is 12.2. The molecule has 3 aromatic carbocycles. The summed E-state index contributed by atoms with van der Waals surface area (Å²) >= 11 is 0. The summed E-state index contributed by atoms with van der Waals surface area (Å²) in [6.45, 7) is 6.09. The fraction of sp³-hybridized carbons (Fsp3) is 0.459. The van der Waals surface area contributed by atoms with E-state index in [4.69, 9.17) is 14.2 Å². The van der Waals surface area contributed by atoms with Crippen molar-refractivity contribution in [1.82, 2.24) is 10.2 Å². The third-order valence-corrected chi connectivity index (χ3v) is 8.79. The molecule has 8 heteroatoms. The van der Waals surface area contributed by atoms with E-state index in [9.17, 15) is 14.7 Å². The third-order valence-electron chi connectivity index (χ3n) is 8.79. The number of carbonyl (C=O) groups is 2. The first-order chi connectivity index (χ1) is 21.9. The minimum absolute atomic E-state index is 0.00724. The zero-order valence-electron chi connectivity index (χ0n) is 26.4. The zero-order chi connectivity index (χ0) is 31.6. The van der Waals surface area contributed by atoms with Crippen molar-refractivity contribution in [3.05, 3.63) is 107 Å². The smallest absolute Gasteiger partial charge is 0.303 e. The molecule has 5 rings (SSSR count). The van der Waals surface area contributed by atoms with Crippen LogP contribution >= 0.6 is 0 Å². The van der Waals surface area contributed by atoms with Crippen molar-refractivity contribution in [3.63, 3.8) is 0 Å². The Balaban J connectivity index is 1.40. The van der Waals surface area contributed by atoms with Gasteiger partial charge in [0.25, 0.3) is 5.91 Å². The highest BCUT2D eigenvalue weighted by Crippen LogP contribution is 2.47. The van der Waals surface area contributed by atoms with Crippen molar-refractivity contribution < 1.29 is 28.9 Å². The van der Waals surface area contributed by atoms with Gasteiger partial charge >= 0.3 is 5.97 Å². The van der Waals surface area contributed by atoms with Gasteiger partial charge in [0.15, 0.2) is 12.4 Å². The lowest BCUT2D eigenvalue weighted by molar-refractivity contribution is -0.263. The number of nitrogens with zero attached hydrogens (tertiary/aromatic N) is 1. The number of ether oxygens (including phenoxy) is 3. The molecule has 2 aliphatic rings. The monoisotopic (exact) mass is 614 g/mol. The third kappa shape index (κ3) is 9.01. The zero-order valence-corrected chi connectivity index (χ0v) is 26.4. The van der Waals surface area contributed by atoms with Crippen molar-refractivity contribution in [3.8, 4) is 0 Å². The van der Waals surface area contributed by atoms with E-state index < -0.39 is 18.4 Å². The molecule has 240 valence electrons. The van der Waals surface area contributed by atoms with Gasteiger partial charge in [-0.3, -0.25) is 9.59 Å². The van der Waals surface area contributed by atoms with E-state index in [0.29, 0.717) is 6.54 Å². The second kappa shape index (κ2) is 16.1. The summed E-state index contributed by atoms with van der Waals surface area (Å²) in [4.78, 5) is 26.1. The van der Waals surface area contributed by atoms with Gasteiger partial charge in [0.2, 0.25) is 0 Å². The Labute approximate surface area is 266 Å². The summed E-state index contributed by atoms with van der Waals surface area (Å²) in [6, 6.07) is 26.5. The summed E-state index contributed by atoms with van der Waals surface area (Å²) in [5.41, 5.74) is 4.90.